The van der Waals surface area contributed by atoms with Crippen molar-refractivity contribution < 1.29 is 4.52 Å². The number of hydrogen-bond donors (Lipinski definition) is 1. The van der Waals surface area contributed by atoms with Gasteiger partial charge in [0.05, 0.1) is 0 Å². The first-order chi connectivity index (χ1) is 7.87. The van der Waals surface area contributed by atoms with E-state index >= 15 is 0 Å². The summed E-state index contributed by atoms with van der Waals surface area (Å²) < 4.78 is 5.19. The maximum absolute atomic E-state index is 5.19. The predicted octanol–water partition coefficient (Wildman–Crippen LogP) is 1.10. The summed E-state index contributed by atoms with van der Waals surface area (Å²) in [6, 6.07) is 0. The Balaban J connectivity index is 2.31. The molecule has 98 valence electrons. The van der Waals surface area contributed by atoms with Crippen molar-refractivity contribution in [2.75, 3.05) is 27.2 Å². The monoisotopic (exact) mass is 240 g/mol. The molecular formula is C12H24N4O. The van der Waals surface area contributed by atoms with Crippen LogP contribution in [0.3, 0.4) is 0 Å². The lowest BCUT2D eigenvalue weighted by molar-refractivity contribution is 0.354. The van der Waals surface area contributed by atoms with E-state index in [4.69, 9.17) is 4.52 Å². The summed E-state index contributed by atoms with van der Waals surface area (Å²) in [5.74, 6) is 1.51. The lowest BCUT2D eigenvalue weighted by Crippen LogP contribution is -2.37. The van der Waals surface area contributed by atoms with Crippen molar-refractivity contribution in [2.45, 2.75) is 39.2 Å². The molecule has 0 aliphatic heterocycles. The van der Waals surface area contributed by atoms with Crippen LogP contribution in [0.25, 0.3) is 0 Å². The van der Waals surface area contributed by atoms with Gasteiger partial charge in [-0.2, -0.15) is 4.98 Å². The molecule has 1 aromatic heterocycles. The Morgan fingerprint density at radius 1 is 1.24 bits per heavy atom. The van der Waals surface area contributed by atoms with Crippen LogP contribution in [0.5, 0.6) is 0 Å². The average Bonchev–Trinajstić information content (AvgIpc) is 2.61. The second kappa shape index (κ2) is 6.12. The van der Waals surface area contributed by atoms with Crippen molar-refractivity contribution in [3.05, 3.63) is 11.7 Å². The Morgan fingerprint density at radius 2 is 1.94 bits per heavy atom. The smallest absolute Gasteiger partial charge is 0.227 e. The van der Waals surface area contributed by atoms with Gasteiger partial charge in [-0.15, -0.1) is 0 Å². The van der Waals surface area contributed by atoms with Gasteiger partial charge < -0.3 is 14.7 Å². The van der Waals surface area contributed by atoms with Gasteiger partial charge in [0.1, 0.15) is 0 Å². The molecule has 0 aliphatic rings. The average molecular weight is 240 g/mol. The molecule has 1 rings (SSSR count). The standard InChI is InChI=1S/C12H24N4O/c1-12(2,3)13-8-6-11-14-10(15-17-11)7-9-16(4)5/h13H,6-9H2,1-5H3. The van der Waals surface area contributed by atoms with E-state index in [0.29, 0.717) is 0 Å². The van der Waals surface area contributed by atoms with Crippen molar-refractivity contribution in [3.63, 3.8) is 0 Å². The van der Waals surface area contributed by atoms with E-state index in [1.807, 2.05) is 14.1 Å². The molecule has 0 saturated carbocycles. The summed E-state index contributed by atoms with van der Waals surface area (Å²) in [5.41, 5.74) is 0.133. The summed E-state index contributed by atoms with van der Waals surface area (Å²) in [6.45, 7) is 8.23. The van der Waals surface area contributed by atoms with Crippen LogP contribution in [0.2, 0.25) is 0 Å². The lowest BCUT2D eigenvalue weighted by Gasteiger charge is -2.19. The van der Waals surface area contributed by atoms with Gasteiger partial charge in [-0.05, 0) is 34.9 Å². The van der Waals surface area contributed by atoms with Crippen LogP contribution in [0, 0.1) is 0 Å². The quantitative estimate of drug-likeness (QED) is 0.807. The van der Waals surface area contributed by atoms with E-state index in [0.717, 1.165) is 37.6 Å². The van der Waals surface area contributed by atoms with Crippen LogP contribution < -0.4 is 5.32 Å². The Kier molecular flexibility index (Phi) is 5.08. The molecule has 0 amide bonds. The van der Waals surface area contributed by atoms with Crippen LogP contribution >= 0.6 is 0 Å². The molecule has 17 heavy (non-hydrogen) atoms. The first kappa shape index (κ1) is 14.1. The molecule has 0 fully saturated rings. The SMILES string of the molecule is CN(C)CCc1noc(CCNC(C)(C)C)n1. The Hall–Kier alpha value is -0.940. The molecule has 5 nitrogen and oxygen atoms in total. The topological polar surface area (TPSA) is 54.2 Å². The number of rotatable bonds is 6. The molecule has 0 saturated heterocycles. The molecule has 0 atom stereocenters. The Labute approximate surface area is 104 Å². The van der Waals surface area contributed by atoms with Crippen LogP contribution in [-0.2, 0) is 12.8 Å². The summed E-state index contributed by atoms with van der Waals surface area (Å²) in [7, 11) is 4.07. The van der Waals surface area contributed by atoms with Gasteiger partial charge in [0.25, 0.3) is 0 Å². The molecule has 0 radical (unpaired) electrons. The predicted molar refractivity (Wildman–Crippen MR) is 68.0 cm³/mol. The van der Waals surface area contributed by atoms with E-state index in [9.17, 15) is 0 Å². The van der Waals surface area contributed by atoms with E-state index < -0.39 is 0 Å². The highest BCUT2D eigenvalue weighted by molar-refractivity contribution is 4.88. The van der Waals surface area contributed by atoms with Crippen LogP contribution in [0.15, 0.2) is 4.52 Å². The van der Waals surface area contributed by atoms with E-state index in [-0.39, 0.29) is 5.54 Å². The minimum atomic E-state index is 0.133. The first-order valence-electron chi connectivity index (χ1n) is 6.08. The molecule has 0 aromatic carbocycles. The molecule has 5 heteroatoms. The molecule has 1 N–H and O–H groups in total. The molecular weight excluding hydrogens is 216 g/mol. The van der Waals surface area contributed by atoms with Gasteiger partial charge in [-0.1, -0.05) is 5.16 Å². The summed E-state index contributed by atoms with van der Waals surface area (Å²) in [4.78, 5) is 6.47. The molecule has 0 spiro atoms. The highest BCUT2D eigenvalue weighted by Crippen LogP contribution is 2.02. The number of aromatic nitrogens is 2. The highest BCUT2D eigenvalue weighted by atomic mass is 16.5. The second-order valence-corrected chi connectivity index (χ2v) is 5.58. The van der Waals surface area contributed by atoms with Crippen molar-refractivity contribution >= 4 is 0 Å². The number of nitrogens with one attached hydrogen (secondary N) is 1. The van der Waals surface area contributed by atoms with Crippen LogP contribution in [-0.4, -0.2) is 47.8 Å². The van der Waals surface area contributed by atoms with E-state index in [1.54, 1.807) is 0 Å². The molecule has 1 heterocycles. The number of likely N-dealkylation sites (N-methyl/N-ethyl adjacent to an activating group) is 1. The zero-order valence-corrected chi connectivity index (χ0v) is 11.6. The summed E-state index contributed by atoms with van der Waals surface area (Å²) in [5, 5.41) is 7.36. The third kappa shape index (κ3) is 6.38. The Bertz CT molecular complexity index is 327. The van der Waals surface area contributed by atoms with Crippen LogP contribution in [0.1, 0.15) is 32.5 Å². The number of hydrogen-bond acceptors (Lipinski definition) is 5. The summed E-state index contributed by atoms with van der Waals surface area (Å²) in [6.07, 6.45) is 1.62. The molecule has 1 aromatic rings. The van der Waals surface area contributed by atoms with Gasteiger partial charge >= 0.3 is 0 Å². The third-order valence-electron chi connectivity index (χ3n) is 2.29. The Morgan fingerprint density at radius 3 is 2.53 bits per heavy atom. The zero-order chi connectivity index (χ0) is 12.9. The fraction of sp³-hybridized carbons (Fsp3) is 0.833. The summed E-state index contributed by atoms with van der Waals surface area (Å²) >= 11 is 0. The zero-order valence-electron chi connectivity index (χ0n) is 11.6. The van der Waals surface area contributed by atoms with E-state index in [1.165, 1.54) is 0 Å². The fourth-order valence-corrected chi connectivity index (χ4v) is 1.36. The largest absolute Gasteiger partial charge is 0.339 e. The minimum absolute atomic E-state index is 0.133. The number of nitrogens with zero attached hydrogens (tertiary/aromatic N) is 3. The van der Waals surface area contributed by atoms with Gasteiger partial charge in [0.15, 0.2) is 5.82 Å². The lowest BCUT2D eigenvalue weighted by atomic mass is 10.1. The van der Waals surface area contributed by atoms with Gasteiger partial charge in [0, 0.05) is 31.5 Å². The van der Waals surface area contributed by atoms with Crippen molar-refractivity contribution in [2.24, 2.45) is 0 Å². The highest BCUT2D eigenvalue weighted by Gasteiger charge is 2.10. The first-order valence-corrected chi connectivity index (χ1v) is 6.08. The fourth-order valence-electron chi connectivity index (χ4n) is 1.36. The van der Waals surface area contributed by atoms with Gasteiger partial charge in [-0.3, -0.25) is 0 Å². The maximum atomic E-state index is 5.19. The minimum Gasteiger partial charge on any atom is -0.339 e. The maximum Gasteiger partial charge on any atom is 0.227 e. The van der Waals surface area contributed by atoms with Crippen molar-refractivity contribution in [1.82, 2.24) is 20.4 Å². The molecule has 0 unspecified atom stereocenters. The van der Waals surface area contributed by atoms with Crippen molar-refractivity contribution in [1.29, 1.82) is 0 Å². The third-order valence-corrected chi connectivity index (χ3v) is 2.29. The molecule has 0 bridgehead atoms. The van der Waals surface area contributed by atoms with Crippen molar-refractivity contribution in [3.8, 4) is 0 Å². The van der Waals surface area contributed by atoms with Gasteiger partial charge in [-0.25, -0.2) is 0 Å². The second-order valence-electron chi connectivity index (χ2n) is 5.58. The molecule has 0 aliphatic carbocycles. The van der Waals surface area contributed by atoms with Crippen LogP contribution in [0.4, 0.5) is 0 Å². The van der Waals surface area contributed by atoms with Gasteiger partial charge in [0.2, 0.25) is 5.89 Å². The normalized spacial score (nSPS) is 12.4. The van der Waals surface area contributed by atoms with E-state index in [2.05, 4.69) is 41.1 Å².